The molecular formula is C31H29ClN4O3. The number of hydrogen-bond acceptors (Lipinski definition) is 5. The highest BCUT2D eigenvalue weighted by Crippen LogP contribution is 2.37. The summed E-state index contributed by atoms with van der Waals surface area (Å²) in [6, 6.07) is 22.0. The third-order valence-corrected chi connectivity index (χ3v) is 7.21. The predicted octanol–water partition coefficient (Wildman–Crippen LogP) is 5.41. The summed E-state index contributed by atoms with van der Waals surface area (Å²) in [5, 5.41) is 1.43. The van der Waals surface area contributed by atoms with E-state index in [0.717, 1.165) is 38.9 Å². The molecule has 2 heterocycles. The van der Waals surface area contributed by atoms with Gasteiger partial charge in [0.25, 0.3) is 5.56 Å². The van der Waals surface area contributed by atoms with Crippen LogP contribution in [0.25, 0.3) is 22.0 Å². The lowest BCUT2D eigenvalue weighted by Crippen LogP contribution is -2.41. The van der Waals surface area contributed by atoms with Crippen LogP contribution in [0.2, 0.25) is 5.02 Å². The zero-order chi connectivity index (χ0) is 27.9. The molecule has 0 saturated heterocycles. The maximum atomic E-state index is 12.9. The average molecular weight is 541 g/mol. The Kier molecular flexibility index (Phi) is 6.89. The van der Waals surface area contributed by atoms with E-state index in [0.29, 0.717) is 10.6 Å². The van der Waals surface area contributed by atoms with Crippen molar-refractivity contribution in [1.82, 2.24) is 14.1 Å². The fourth-order valence-corrected chi connectivity index (χ4v) is 5.14. The van der Waals surface area contributed by atoms with Crippen LogP contribution in [0.4, 0.5) is 0 Å². The molecule has 0 spiro atoms. The van der Waals surface area contributed by atoms with Crippen LogP contribution in [-0.4, -0.2) is 26.2 Å². The normalized spacial score (nSPS) is 13.0. The molecule has 5 aromatic rings. The van der Waals surface area contributed by atoms with Crippen LogP contribution in [0.3, 0.4) is 0 Å². The number of hydrogen-bond donors (Lipinski definition) is 1. The van der Waals surface area contributed by atoms with Crippen molar-refractivity contribution in [3.8, 4) is 11.1 Å². The fraction of sp³-hybridized carbons (Fsp3) is 0.194. The van der Waals surface area contributed by atoms with E-state index in [1.165, 1.54) is 0 Å². The van der Waals surface area contributed by atoms with Gasteiger partial charge in [-0.25, -0.2) is 9.78 Å². The summed E-state index contributed by atoms with van der Waals surface area (Å²) >= 11 is 6.30. The lowest BCUT2D eigenvalue weighted by molar-refractivity contribution is 0.0378. The highest BCUT2D eigenvalue weighted by atomic mass is 35.5. The van der Waals surface area contributed by atoms with E-state index in [1.807, 2.05) is 74.0 Å². The lowest BCUT2D eigenvalue weighted by atomic mass is 9.80. The minimum Gasteiger partial charge on any atom is -0.459 e. The molecule has 2 aromatic heterocycles. The van der Waals surface area contributed by atoms with Gasteiger partial charge < -0.3 is 19.6 Å². The zero-order valence-electron chi connectivity index (χ0n) is 22.2. The molecule has 5 rings (SSSR count). The Balaban J connectivity index is 1.74. The van der Waals surface area contributed by atoms with Gasteiger partial charge in [0.15, 0.2) is 0 Å². The minimum atomic E-state index is -1.12. The Morgan fingerprint density at radius 2 is 1.72 bits per heavy atom. The Morgan fingerprint density at radius 1 is 1.00 bits per heavy atom. The van der Waals surface area contributed by atoms with E-state index in [9.17, 15) is 9.59 Å². The fourth-order valence-electron chi connectivity index (χ4n) is 4.95. The maximum absolute atomic E-state index is 12.9. The van der Waals surface area contributed by atoms with E-state index < -0.39 is 11.5 Å². The van der Waals surface area contributed by atoms with Gasteiger partial charge in [-0.3, -0.25) is 4.79 Å². The molecule has 0 aliphatic carbocycles. The van der Waals surface area contributed by atoms with Crippen molar-refractivity contribution in [3.63, 3.8) is 0 Å². The van der Waals surface area contributed by atoms with Crippen LogP contribution in [0, 0.1) is 0 Å². The first-order chi connectivity index (χ1) is 18.6. The Bertz CT molecular complexity index is 1750. The van der Waals surface area contributed by atoms with Crippen LogP contribution in [0.1, 0.15) is 41.0 Å². The summed E-state index contributed by atoms with van der Waals surface area (Å²) in [4.78, 5) is 29.7. The monoisotopic (exact) mass is 540 g/mol. The number of pyridine rings is 1. The van der Waals surface area contributed by atoms with Gasteiger partial charge in [0.1, 0.15) is 5.54 Å². The van der Waals surface area contributed by atoms with Crippen LogP contribution in [0.5, 0.6) is 0 Å². The van der Waals surface area contributed by atoms with E-state index in [4.69, 9.17) is 22.1 Å². The van der Waals surface area contributed by atoms with Gasteiger partial charge in [-0.1, -0.05) is 41.9 Å². The van der Waals surface area contributed by atoms with Crippen molar-refractivity contribution in [2.24, 2.45) is 19.8 Å². The second-order valence-corrected chi connectivity index (χ2v) is 10.4. The summed E-state index contributed by atoms with van der Waals surface area (Å²) in [7, 11) is 3.64. The molecule has 1 unspecified atom stereocenters. The van der Waals surface area contributed by atoms with Gasteiger partial charge in [-0.15, -0.1) is 0 Å². The zero-order valence-corrected chi connectivity index (χ0v) is 22.9. The molecular weight excluding hydrogens is 512 g/mol. The third kappa shape index (κ3) is 4.75. The summed E-state index contributed by atoms with van der Waals surface area (Å²) in [5.74, 6) is -0.391. The van der Waals surface area contributed by atoms with Crippen molar-refractivity contribution in [2.45, 2.75) is 25.5 Å². The molecule has 0 amide bonds. The van der Waals surface area contributed by atoms with Crippen molar-refractivity contribution >= 4 is 28.5 Å². The second-order valence-electron chi connectivity index (χ2n) is 9.93. The van der Waals surface area contributed by atoms with Gasteiger partial charge >= 0.3 is 5.97 Å². The maximum Gasteiger partial charge on any atom is 0.338 e. The van der Waals surface area contributed by atoms with Crippen molar-refractivity contribution in [3.05, 3.63) is 123 Å². The number of carbonyl (C=O) groups is 1. The third-order valence-electron chi connectivity index (χ3n) is 6.98. The Hall–Kier alpha value is -4.20. The standard InChI is InChI=1S/C31H29ClN4O3/c1-19(2)39-30(38)20-8-10-22(11-9-20)31(33,28-17-34-18-35(28)3)23-12-13-27-26(15-23)25(16-29(37)36(27)4)21-6-5-7-24(32)14-21/h5-19H,33H2,1-4H3. The van der Waals surface area contributed by atoms with E-state index >= 15 is 0 Å². The number of aromatic nitrogens is 3. The minimum absolute atomic E-state index is 0.125. The van der Waals surface area contributed by atoms with E-state index in [-0.39, 0.29) is 11.7 Å². The summed E-state index contributed by atoms with van der Waals surface area (Å²) in [5.41, 5.74) is 11.2. The number of benzene rings is 3. The SMILES string of the molecule is CC(C)OC(=O)c1ccc(C(N)(c2ccc3c(c2)c(-c2cccc(Cl)c2)cc(=O)n3C)c2cncn2C)cc1. The lowest BCUT2D eigenvalue weighted by Gasteiger charge is -2.32. The predicted molar refractivity (Wildman–Crippen MR) is 154 cm³/mol. The number of aryl methyl sites for hydroxylation is 2. The molecule has 2 N–H and O–H groups in total. The average Bonchev–Trinajstić information content (AvgIpc) is 3.36. The highest BCUT2D eigenvalue weighted by molar-refractivity contribution is 6.30. The molecule has 0 bridgehead atoms. The first-order valence-corrected chi connectivity index (χ1v) is 12.9. The van der Waals surface area contributed by atoms with Crippen LogP contribution < -0.4 is 11.3 Å². The number of halogens is 1. The highest BCUT2D eigenvalue weighted by Gasteiger charge is 2.35. The molecule has 8 heteroatoms. The molecule has 3 aromatic carbocycles. The number of ether oxygens (including phenoxy) is 1. The molecule has 0 aliphatic rings. The molecule has 198 valence electrons. The molecule has 39 heavy (non-hydrogen) atoms. The summed E-state index contributed by atoms with van der Waals surface area (Å²) in [6.07, 6.45) is 3.22. The number of rotatable bonds is 6. The molecule has 1 atom stereocenters. The number of esters is 1. The number of nitrogens with zero attached hydrogens (tertiary/aromatic N) is 3. The second kappa shape index (κ2) is 10.2. The van der Waals surface area contributed by atoms with E-state index in [1.54, 1.807) is 48.4 Å². The quantitative estimate of drug-likeness (QED) is 0.291. The smallest absolute Gasteiger partial charge is 0.338 e. The van der Waals surface area contributed by atoms with Crippen molar-refractivity contribution in [1.29, 1.82) is 0 Å². The molecule has 0 aliphatic heterocycles. The van der Waals surface area contributed by atoms with Crippen molar-refractivity contribution < 1.29 is 9.53 Å². The largest absolute Gasteiger partial charge is 0.459 e. The van der Waals surface area contributed by atoms with Gasteiger partial charge in [-0.2, -0.15) is 0 Å². The van der Waals surface area contributed by atoms with Crippen LogP contribution >= 0.6 is 11.6 Å². The Morgan fingerprint density at radius 3 is 2.36 bits per heavy atom. The number of imidazole rings is 1. The van der Waals surface area contributed by atoms with Gasteiger partial charge in [0.05, 0.1) is 35.4 Å². The molecule has 0 fully saturated rings. The molecule has 0 saturated carbocycles. The van der Waals surface area contributed by atoms with Crippen LogP contribution in [-0.2, 0) is 24.4 Å². The summed E-state index contributed by atoms with van der Waals surface area (Å²) < 4.78 is 8.84. The van der Waals surface area contributed by atoms with E-state index in [2.05, 4.69) is 4.98 Å². The van der Waals surface area contributed by atoms with Crippen LogP contribution in [0.15, 0.2) is 90.1 Å². The summed E-state index contributed by atoms with van der Waals surface area (Å²) in [6.45, 7) is 3.62. The number of carbonyl (C=O) groups excluding carboxylic acids is 1. The number of fused-ring (bicyclic) bond motifs is 1. The first kappa shape index (κ1) is 26.4. The number of nitrogens with two attached hydrogens (primary N) is 1. The van der Waals surface area contributed by atoms with Gasteiger partial charge in [0.2, 0.25) is 0 Å². The molecule has 0 radical (unpaired) electrons. The first-order valence-electron chi connectivity index (χ1n) is 12.6. The van der Waals surface area contributed by atoms with Crippen molar-refractivity contribution in [2.75, 3.05) is 0 Å². The topological polar surface area (TPSA) is 92.1 Å². The van der Waals surface area contributed by atoms with Gasteiger partial charge in [-0.05, 0) is 72.5 Å². The van der Waals surface area contributed by atoms with Gasteiger partial charge in [0, 0.05) is 30.6 Å². The molecule has 7 nitrogen and oxygen atoms in total. The Labute approximate surface area is 231 Å².